The van der Waals surface area contributed by atoms with Gasteiger partial charge in [-0.3, -0.25) is 4.98 Å². The van der Waals surface area contributed by atoms with E-state index in [4.69, 9.17) is 10.2 Å². The van der Waals surface area contributed by atoms with Gasteiger partial charge in [-0.15, -0.1) is 0 Å². The first-order chi connectivity index (χ1) is 11.3. The van der Waals surface area contributed by atoms with E-state index < -0.39 is 0 Å². The smallest absolute Gasteiger partial charge is 0.161 e. The Morgan fingerprint density at radius 2 is 2.09 bits per heavy atom. The number of fused-ring (bicyclic) bond motifs is 1. The number of aryl methyl sites for hydroxylation is 1. The standard InChI is InChI=1S/C17H20N6/c18-8-14-9-19-11-16(21-14)22-6-3-4-13(12-22)17-20-10-15-5-1-2-7-23(15)17/h9-11,13H,1-7,12H2. The molecule has 0 saturated carbocycles. The molecule has 0 radical (unpaired) electrons. The molecule has 1 unspecified atom stereocenters. The zero-order valence-corrected chi connectivity index (χ0v) is 13.1. The molecule has 0 aliphatic carbocycles. The Balaban J connectivity index is 1.57. The monoisotopic (exact) mass is 308 g/mol. The molecule has 1 atom stereocenters. The molecule has 2 aromatic heterocycles. The summed E-state index contributed by atoms with van der Waals surface area (Å²) in [6.07, 6.45) is 11.3. The zero-order valence-electron chi connectivity index (χ0n) is 13.1. The molecule has 0 N–H and O–H groups in total. The van der Waals surface area contributed by atoms with Gasteiger partial charge in [0.25, 0.3) is 0 Å². The molecule has 2 aliphatic heterocycles. The van der Waals surface area contributed by atoms with Crippen molar-refractivity contribution in [2.45, 2.75) is 44.6 Å². The highest BCUT2D eigenvalue weighted by atomic mass is 15.2. The van der Waals surface area contributed by atoms with Crippen molar-refractivity contribution >= 4 is 5.82 Å². The Bertz CT molecular complexity index is 744. The van der Waals surface area contributed by atoms with Crippen molar-refractivity contribution < 1.29 is 0 Å². The Labute approximate surface area is 135 Å². The van der Waals surface area contributed by atoms with E-state index >= 15 is 0 Å². The van der Waals surface area contributed by atoms with Crippen LogP contribution in [0, 0.1) is 11.3 Å². The topological polar surface area (TPSA) is 70.6 Å². The molecule has 1 fully saturated rings. The Hall–Kier alpha value is -2.42. The maximum absolute atomic E-state index is 9.01. The molecular formula is C17H20N6. The summed E-state index contributed by atoms with van der Waals surface area (Å²) in [7, 11) is 0. The fourth-order valence-electron chi connectivity index (χ4n) is 3.74. The van der Waals surface area contributed by atoms with Crippen LogP contribution in [-0.4, -0.2) is 32.6 Å². The Morgan fingerprint density at radius 1 is 1.13 bits per heavy atom. The number of imidazole rings is 1. The molecule has 2 aromatic rings. The van der Waals surface area contributed by atoms with E-state index in [1.807, 2.05) is 0 Å². The molecule has 0 spiro atoms. The lowest BCUT2D eigenvalue weighted by molar-refractivity contribution is 0.444. The van der Waals surface area contributed by atoms with Gasteiger partial charge in [-0.25, -0.2) is 9.97 Å². The molecule has 6 heteroatoms. The quantitative estimate of drug-likeness (QED) is 0.851. The molecule has 0 bridgehead atoms. The maximum Gasteiger partial charge on any atom is 0.161 e. The fraction of sp³-hybridized carbons (Fsp3) is 0.529. The van der Waals surface area contributed by atoms with Gasteiger partial charge in [0.05, 0.1) is 12.4 Å². The van der Waals surface area contributed by atoms with Gasteiger partial charge in [0.1, 0.15) is 17.7 Å². The summed E-state index contributed by atoms with van der Waals surface area (Å²) in [5, 5.41) is 9.01. The van der Waals surface area contributed by atoms with E-state index in [0.29, 0.717) is 11.6 Å². The number of hydrogen-bond donors (Lipinski definition) is 0. The van der Waals surface area contributed by atoms with Crippen molar-refractivity contribution in [1.82, 2.24) is 19.5 Å². The molecular weight excluding hydrogens is 288 g/mol. The van der Waals surface area contributed by atoms with Gasteiger partial charge in [0.15, 0.2) is 5.69 Å². The van der Waals surface area contributed by atoms with Crippen LogP contribution in [0.2, 0.25) is 0 Å². The van der Waals surface area contributed by atoms with Crippen molar-refractivity contribution in [1.29, 1.82) is 5.26 Å². The number of rotatable bonds is 2. The van der Waals surface area contributed by atoms with Crippen molar-refractivity contribution in [3.8, 4) is 6.07 Å². The maximum atomic E-state index is 9.01. The molecule has 0 amide bonds. The first-order valence-electron chi connectivity index (χ1n) is 8.36. The summed E-state index contributed by atoms with van der Waals surface area (Å²) in [6.45, 7) is 2.97. The van der Waals surface area contributed by atoms with Crippen LogP contribution < -0.4 is 4.90 Å². The minimum atomic E-state index is 0.378. The highest BCUT2D eigenvalue weighted by Gasteiger charge is 2.27. The summed E-state index contributed by atoms with van der Waals surface area (Å²) >= 11 is 0. The van der Waals surface area contributed by atoms with Crippen molar-refractivity contribution in [3.63, 3.8) is 0 Å². The van der Waals surface area contributed by atoms with E-state index in [-0.39, 0.29) is 0 Å². The molecule has 2 aliphatic rings. The van der Waals surface area contributed by atoms with Crippen LogP contribution in [0.15, 0.2) is 18.6 Å². The molecule has 0 aromatic carbocycles. The minimum Gasteiger partial charge on any atom is -0.355 e. The Morgan fingerprint density at radius 3 is 3.00 bits per heavy atom. The van der Waals surface area contributed by atoms with Crippen molar-refractivity contribution in [2.75, 3.05) is 18.0 Å². The first-order valence-corrected chi connectivity index (χ1v) is 8.36. The lowest BCUT2D eigenvalue weighted by Gasteiger charge is -2.33. The van der Waals surface area contributed by atoms with Crippen LogP contribution in [0.4, 0.5) is 5.82 Å². The lowest BCUT2D eigenvalue weighted by Crippen LogP contribution is -2.36. The summed E-state index contributed by atoms with van der Waals surface area (Å²) < 4.78 is 2.43. The first kappa shape index (κ1) is 14.2. The van der Waals surface area contributed by atoms with Crippen LogP contribution in [0.3, 0.4) is 0 Å². The van der Waals surface area contributed by atoms with Crippen LogP contribution in [-0.2, 0) is 13.0 Å². The number of aromatic nitrogens is 4. The summed E-state index contributed by atoms with van der Waals surface area (Å²) in [5.74, 6) is 2.47. The van der Waals surface area contributed by atoms with Crippen LogP contribution in [0.5, 0.6) is 0 Å². The van der Waals surface area contributed by atoms with Gasteiger partial charge >= 0.3 is 0 Å². The second kappa shape index (κ2) is 5.99. The number of piperidine rings is 1. The molecule has 23 heavy (non-hydrogen) atoms. The summed E-state index contributed by atoms with van der Waals surface area (Å²) in [5.41, 5.74) is 1.76. The molecule has 4 rings (SSSR count). The van der Waals surface area contributed by atoms with Gasteiger partial charge < -0.3 is 9.47 Å². The number of nitriles is 1. The second-order valence-electron chi connectivity index (χ2n) is 6.38. The van der Waals surface area contributed by atoms with E-state index in [2.05, 4.69) is 31.7 Å². The molecule has 4 heterocycles. The molecule has 118 valence electrons. The summed E-state index contributed by atoms with van der Waals surface area (Å²) in [4.78, 5) is 15.5. The predicted molar refractivity (Wildman–Crippen MR) is 86.1 cm³/mol. The van der Waals surface area contributed by atoms with Gasteiger partial charge in [-0.2, -0.15) is 5.26 Å². The zero-order chi connectivity index (χ0) is 15.6. The largest absolute Gasteiger partial charge is 0.355 e. The molecule has 1 saturated heterocycles. The summed E-state index contributed by atoms with van der Waals surface area (Å²) in [6, 6.07) is 2.07. The third-order valence-corrected chi connectivity index (χ3v) is 4.88. The van der Waals surface area contributed by atoms with E-state index in [1.54, 1.807) is 6.20 Å². The number of hydrogen-bond acceptors (Lipinski definition) is 5. The lowest BCUT2D eigenvalue weighted by atomic mass is 9.96. The third kappa shape index (κ3) is 2.67. The number of anilines is 1. The Kier molecular flexibility index (Phi) is 3.70. The second-order valence-corrected chi connectivity index (χ2v) is 6.38. The predicted octanol–water partition coefficient (Wildman–Crippen LogP) is 2.27. The van der Waals surface area contributed by atoms with Gasteiger partial charge in [-0.1, -0.05) is 0 Å². The SMILES string of the molecule is N#Cc1cncc(N2CCCC(c3ncc4n3CCCC4)C2)n1. The van der Waals surface area contributed by atoms with Gasteiger partial charge in [-0.05, 0) is 32.1 Å². The number of nitrogens with zero attached hydrogens (tertiary/aromatic N) is 6. The fourth-order valence-corrected chi connectivity index (χ4v) is 3.74. The minimum absolute atomic E-state index is 0.378. The van der Waals surface area contributed by atoms with E-state index in [9.17, 15) is 0 Å². The van der Waals surface area contributed by atoms with E-state index in [1.165, 1.54) is 37.0 Å². The molecule has 6 nitrogen and oxygen atoms in total. The third-order valence-electron chi connectivity index (χ3n) is 4.88. The van der Waals surface area contributed by atoms with Crippen molar-refractivity contribution in [2.24, 2.45) is 0 Å². The average molecular weight is 308 g/mol. The average Bonchev–Trinajstić information content (AvgIpc) is 3.06. The van der Waals surface area contributed by atoms with Gasteiger partial charge in [0, 0.05) is 37.4 Å². The van der Waals surface area contributed by atoms with Crippen LogP contribution in [0.25, 0.3) is 0 Å². The van der Waals surface area contributed by atoms with Gasteiger partial charge in [0.2, 0.25) is 0 Å². The van der Waals surface area contributed by atoms with Crippen LogP contribution >= 0.6 is 0 Å². The van der Waals surface area contributed by atoms with E-state index in [0.717, 1.165) is 38.3 Å². The highest BCUT2D eigenvalue weighted by Crippen LogP contribution is 2.30. The normalized spacial score (nSPS) is 20.8. The highest BCUT2D eigenvalue weighted by molar-refractivity contribution is 5.39. The van der Waals surface area contributed by atoms with Crippen molar-refractivity contribution in [3.05, 3.63) is 35.8 Å². The van der Waals surface area contributed by atoms with Crippen LogP contribution in [0.1, 0.15) is 48.8 Å².